The van der Waals surface area contributed by atoms with Gasteiger partial charge in [0.05, 0.1) is 7.11 Å². The lowest BCUT2D eigenvalue weighted by Crippen LogP contribution is -2.54. The van der Waals surface area contributed by atoms with Crippen LogP contribution in [0.2, 0.25) is 0 Å². The normalized spacial score (nSPS) is 27.4. The van der Waals surface area contributed by atoms with E-state index in [9.17, 15) is 4.79 Å². The largest absolute Gasteiger partial charge is 0.468 e. The van der Waals surface area contributed by atoms with Crippen LogP contribution in [0.3, 0.4) is 0 Å². The van der Waals surface area contributed by atoms with Gasteiger partial charge in [0.2, 0.25) is 0 Å². The van der Waals surface area contributed by atoms with Crippen LogP contribution < -0.4 is 5.32 Å². The molecule has 20 heavy (non-hydrogen) atoms. The maximum absolute atomic E-state index is 12.3. The van der Waals surface area contributed by atoms with Gasteiger partial charge in [-0.15, -0.1) is 0 Å². The van der Waals surface area contributed by atoms with E-state index >= 15 is 0 Å². The van der Waals surface area contributed by atoms with Gasteiger partial charge in [0.25, 0.3) is 0 Å². The van der Waals surface area contributed by atoms with E-state index in [0.29, 0.717) is 0 Å². The molecule has 2 unspecified atom stereocenters. The highest BCUT2D eigenvalue weighted by molar-refractivity contribution is 5.80. The number of nitrogens with zero attached hydrogens (tertiary/aromatic N) is 1. The van der Waals surface area contributed by atoms with E-state index in [4.69, 9.17) is 4.74 Å². The molecule has 0 radical (unpaired) electrons. The van der Waals surface area contributed by atoms with E-state index < -0.39 is 5.54 Å². The molecule has 0 heterocycles. The van der Waals surface area contributed by atoms with Crippen LogP contribution in [0.4, 0.5) is 0 Å². The van der Waals surface area contributed by atoms with Crippen LogP contribution >= 0.6 is 0 Å². The molecule has 0 amide bonds. The predicted octanol–water partition coefficient (Wildman–Crippen LogP) is 2.43. The summed E-state index contributed by atoms with van der Waals surface area (Å²) in [7, 11) is 5.61. The molecule has 118 valence electrons. The second-order valence-corrected chi connectivity index (χ2v) is 6.39. The third kappa shape index (κ3) is 5.06. The standard InChI is InChI=1S/C16H32N2O2/c1-5-7-14-8-6-10-16(11-9-14,15(19)20-4)17-12-13-18(2)3/h14,17H,5-13H2,1-4H3. The van der Waals surface area contributed by atoms with Crippen LogP contribution in [0.25, 0.3) is 0 Å². The quantitative estimate of drug-likeness (QED) is 0.576. The molecule has 0 aromatic rings. The first kappa shape index (κ1) is 17.4. The highest BCUT2D eigenvalue weighted by Crippen LogP contribution is 2.33. The van der Waals surface area contributed by atoms with Crippen LogP contribution in [0.15, 0.2) is 0 Å². The first-order chi connectivity index (χ1) is 9.54. The molecule has 4 heteroatoms. The number of likely N-dealkylation sites (N-methyl/N-ethyl adjacent to an activating group) is 1. The highest BCUT2D eigenvalue weighted by atomic mass is 16.5. The average molecular weight is 284 g/mol. The van der Waals surface area contributed by atoms with Gasteiger partial charge in [0.1, 0.15) is 5.54 Å². The number of esters is 1. The van der Waals surface area contributed by atoms with E-state index in [2.05, 4.69) is 31.2 Å². The summed E-state index contributed by atoms with van der Waals surface area (Å²) < 4.78 is 5.09. The highest BCUT2D eigenvalue weighted by Gasteiger charge is 2.40. The van der Waals surface area contributed by atoms with Crippen molar-refractivity contribution >= 4 is 5.97 Å². The van der Waals surface area contributed by atoms with Gasteiger partial charge in [-0.25, -0.2) is 0 Å². The average Bonchev–Trinajstić information content (AvgIpc) is 2.62. The zero-order valence-corrected chi connectivity index (χ0v) is 13.7. The van der Waals surface area contributed by atoms with Crippen molar-refractivity contribution in [1.82, 2.24) is 10.2 Å². The molecule has 0 spiro atoms. The second-order valence-electron chi connectivity index (χ2n) is 6.39. The molecule has 0 bridgehead atoms. The minimum absolute atomic E-state index is 0.0756. The number of ether oxygens (including phenoxy) is 1. The van der Waals surface area contributed by atoms with Crippen molar-refractivity contribution in [2.24, 2.45) is 5.92 Å². The number of hydrogen-bond acceptors (Lipinski definition) is 4. The van der Waals surface area contributed by atoms with Crippen molar-refractivity contribution in [1.29, 1.82) is 0 Å². The van der Waals surface area contributed by atoms with E-state index in [1.807, 2.05) is 0 Å². The Morgan fingerprint density at radius 3 is 2.70 bits per heavy atom. The van der Waals surface area contributed by atoms with Crippen molar-refractivity contribution in [2.75, 3.05) is 34.3 Å². The second kappa shape index (κ2) is 8.63. The van der Waals surface area contributed by atoms with E-state index in [1.165, 1.54) is 26.4 Å². The van der Waals surface area contributed by atoms with Crippen LogP contribution in [0, 0.1) is 5.92 Å². The Kier molecular flexibility index (Phi) is 7.52. The molecule has 0 aromatic carbocycles. The van der Waals surface area contributed by atoms with Gasteiger partial charge in [-0.2, -0.15) is 0 Å². The first-order valence-corrected chi connectivity index (χ1v) is 8.02. The Labute approximate surface area is 124 Å². The molecule has 1 rings (SSSR count). The third-order valence-electron chi connectivity index (χ3n) is 4.49. The van der Waals surface area contributed by atoms with E-state index in [-0.39, 0.29) is 5.97 Å². The Morgan fingerprint density at radius 2 is 2.10 bits per heavy atom. The Hall–Kier alpha value is -0.610. The lowest BCUT2D eigenvalue weighted by Gasteiger charge is -2.31. The third-order valence-corrected chi connectivity index (χ3v) is 4.49. The van der Waals surface area contributed by atoms with E-state index in [1.54, 1.807) is 0 Å². The molecule has 0 aromatic heterocycles. The van der Waals surface area contributed by atoms with Crippen molar-refractivity contribution < 1.29 is 9.53 Å². The maximum atomic E-state index is 12.3. The topological polar surface area (TPSA) is 41.6 Å². The number of rotatable bonds is 7. The number of carbonyl (C=O) groups is 1. The summed E-state index contributed by atoms with van der Waals surface area (Å²) in [5.74, 6) is 0.704. The SMILES string of the molecule is CCCC1CCCC(NCCN(C)C)(C(=O)OC)CC1. The molecule has 1 saturated carbocycles. The molecular weight excluding hydrogens is 252 g/mol. The van der Waals surface area contributed by atoms with Crippen LogP contribution in [0.1, 0.15) is 51.9 Å². The van der Waals surface area contributed by atoms with E-state index in [0.717, 1.165) is 44.7 Å². The Balaban J connectivity index is 2.65. The molecule has 1 fully saturated rings. The minimum atomic E-state index is -0.451. The number of methoxy groups -OCH3 is 1. The lowest BCUT2D eigenvalue weighted by molar-refractivity contribution is -0.149. The summed E-state index contributed by atoms with van der Waals surface area (Å²) in [5.41, 5.74) is -0.451. The molecule has 0 aliphatic heterocycles. The fourth-order valence-electron chi connectivity index (χ4n) is 3.28. The molecule has 4 nitrogen and oxygen atoms in total. The number of hydrogen-bond donors (Lipinski definition) is 1. The predicted molar refractivity (Wildman–Crippen MR) is 82.8 cm³/mol. The van der Waals surface area contributed by atoms with Crippen molar-refractivity contribution in [3.05, 3.63) is 0 Å². The summed E-state index contributed by atoms with van der Waals surface area (Å²) >= 11 is 0. The maximum Gasteiger partial charge on any atom is 0.326 e. The van der Waals surface area contributed by atoms with Gasteiger partial charge < -0.3 is 15.0 Å². The Morgan fingerprint density at radius 1 is 1.35 bits per heavy atom. The van der Waals surface area contributed by atoms with Gasteiger partial charge in [-0.1, -0.05) is 32.6 Å². The smallest absolute Gasteiger partial charge is 0.326 e. The van der Waals surface area contributed by atoms with Gasteiger partial charge in [-0.05, 0) is 39.3 Å². The summed E-state index contributed by atoms with van der Waals surface area (Å²) in [6.45, 7) is 4.02. The van der Waals surface area contributed by atoms with Gasteiger partial charge in [-0.3, -0.25) is 4.79 Å². The molecule has 2 atom stereocenters. The molecule has 1 N–H and O–H groups in total. The monoisotopic (exact) mass is 284 g/mol. The zero-order chi connectivity index (χ0) is 15.0. The fraction of sp³-hybridized carbons (Fsp3) is 0.938. The summed E-state index contributed by atoms with van der Waals surface area (Å²) in [6, 6.07) is 0. The van der Waals surface area contributed by atoms with Crippen molar-refractivity contribution in [3.63, 3.8) is 0 Å². The first-order valence-electron chi connectivity index (χ1n) is 8.02. The van der Waals surface area contributed by atoms with Crippen molar-refractivity contribution in [3.8, 4) is 0 Å². The summed E-state index contributed by atoms with van der Waals surface area (Å²) in [5, 5.41) is 3.50. The van der Waals surface area contributed by atoms with Crippen LogP contribution in [0.5, 0.6) is 0 Å². The lowest BCUT2D eigenvalue weighted by atomic mass is 9.89. The molecule has 1 aliphatic carbocycles. The fourth-order valence-corrected chi connectivity index (χ4v) is 3.28. The molecule has 1 aliphatic rings. The Bertz CT molecular complexity index is 294. The zero-order valence-electron chi connectivity index (χ0n) is 13.7. The van der Waals surface area contributed by atoms with Gasteiger partial charge in [0, 0.05) is 13.1 Å². The molecule has 0 saturated heterocycles. The molecular formula is C16H32N2O2. The number of carbonyl (C=O) groups excluding carboxylic acids is 1. The minimum Gasteiger partial charge on any atom is -0.468 e. The van der Waals surface area contributed by atoms with Gasteiger partial charge >= 0.3 is 5.97 Å². The summed E-state index contributed by atoms with van der Waals surface area (Å²) in [6.07, 6.45) is 7.86. The van der Waals surface area contributed by atoms with Crippen LogP contribution in [-0.2, 0) is 9.53 Å². The summed E-state index contributed by atoms with van der Waals surface area (Å²) in [4.78, 5) is 14.4. The van der Waals surface area contributed by atoms with Crippen molar-refractivity contribution in [2.45, 2.75) is 57.4 Å². The number of nitrogens with one attached hydrogen (secondary N) is 1. The van der Waals surface area contributed by atoms with Crippen LogP contribution in [-0.4, -0.2) is 50.7 Å². The van der Waals surface area contributed by atoms with Gasteiger partial charge in [0.15, 0.2) is 0 Å².